The van der Waals surface area contributed by atoms with E-state index in [4.69, 9.17) is 9.47 Å². The minimum Gasteiger partial charge on any atom is -0.487 e. The van der Waals surface area contributed by atoms with Crippen molar-refractivity contribution < 1.29 is 9.47 Å². The summed E-state index contributed by atoms with van der Waals surface area (Å²) in [6, 6.07) is 14.1. The minimum absolute atomic E-state index is 0.291. The summed E-state index contributed by atoms with van der Waals surface area (Å²) in [5.41, 5.74) is 2.02. The van der Waals surface area contributed by atoms with Crippen molar-refractivity contribution in [1.29, 1.82) is 0 Å². The third-order valence-corrected chi connectivity index (χ3v) is 3.42. The summed E-state index contributed by atoms with van der Waals surface area (Å²) in [6.45, 7) is 2.58. The van der Waals surface area contributed by atoms with Gasteiger partial charge in [0.1, 0.15) is 12.4 Å². The van der Waals surface area contributed by atoms with E-state index in [0.29, 0.717) is 18.5 Å². The highest BCUT2D eigenvalue weighted by atomic mass is 16.5. The molecule has 0 radical (unpaired) electrons. The number of hydrogen-bond donors (Lipinski definition) is 1. The number of nitrogens with zero attached hydrogens (tertiary/aromatic N) is 1. The van der Waals surface area contributed by atoms with Gasteiger partial charge in [-0.05, 0) is 25.6 Å². The van der Waals surface area contributed by atoms with Gasteiger partial charge in [-0.3, -0.25) is 0 Å². The first-order chi connectivity index (χ1) is 10.3. The molecule has 1 atom stereocenters. The molecule has 112 valence electrons. The van der Waals surface area contributed by atoms with Gasteiger partial charge in [0.05, 0.1) is 12.8 Å². The lowest BCUT2D eigenvalue weighted by Crippen LogP contribution is -2.16. The largest absolute Gasteiger partial charge is 0.487 e. The summed E-state index contributed by atoms with van der Waals surface area (Å²) in [5.74, 6) is 1.49. The lowest BCUT2D eigenvalue weighted by atomic mass is 10.0. The van der Waals surface area contributed by atoms with E-state index in [0.717, 1.165) is 17.9 Å². The van der Waals surface area contributed by atoms with Crippen LogP contribution in [0.15, 0.2) is 42.5 Å². The van der Waals surface area contributed by atoms with Crippen molar-refractivity contribution in [2.24, 2.45) is 0 Å². The van der Waals surface area contributed by atoms with Crippen LogP contribution >= 0.6 is 0 Å². The Kier molecular flexibility index (Phi) is 5.58. The minimum atomic E-state index is 0.291. The van der Waals surface area contributed by atoms with Crippen LogP contribution in [0.5, 0.6) is 11.6 Å². The van der Waals surface area contributed by atoms with Crippen LogP contribution in [0, 0.1) is 0 Å². The molecule has 4 heteroatoms. The fraction of sp³-hybridized carbons (Fsp3) is 0.353. The molecule has 0 saturated carbocycles. The fourth-order valence-corrected chi connectivity index (χ4v) is 2.28. The van der Waals surface area contributed by atoms with Crippen molar-refractivity contribution >= 4 is 0 Å². The van der Waals surface area contributed by atoms with Gasteiger partial charge in [-0.2, -0.15) is 0 Å². The topological polar surface area (TPSA) is 43.4 Å². The SMILES string of the molecule is CCC(NC)c1ccccc1OCc1cccc(OC)n1. The second-order valence-corrected chi connectivity index (χ2v) is 4.75. The van der Waals surface area contributed by atoms with Crippen LogP contribution in [0.4, 0.5) is 0 Å². The zero-order valence-electron chi connectivity index (χ0n) is 12.8. The monoisotopic (exact) mass is 286 g/mol. The van der Waals surface area contributed by atoms with E-state index < -0.39 is 0 Å². The molecule has 0 amide bonds. The van der Waals surface area contributed by atoms with Crippen molar-refractivity contribution in [3.63, 3.8) is 0 Å². The Hall–Kier alpha value is -2.07. The van der Waals surface area contributed by atoms with E-state index in [1.54, 1.807) is 7.11 Å². The van der Waals surface area contributed by atoms with E-state index in [-0.39, 0.29) is 0 Å². The normalized spacial score (nSPS) is 12.0. The molecule has 0 fully saturated rings. The molecule has 0 spiro atoms. The molecule has 0 bridgehead atoms. The first-order valence-corrected chi connectivity index (χ1v) is 7.17. The Balaban J connectivity index is 2.12. The van der Waals surface area contributed by atoms with Gasteiger partial charge in [0.2, 0.25) is 5.88 Å². The number of pyridine rings is 1. The van der Waals surface area contributed by atoms with E-state index in [9.17, 15) is 0 Å². The molecular weight excluding hydrogens is 264 g/mol. The summed E-state index contributed by atoms with van der Waals surface area (Å²) < 4.78 is 11.1. The summed E-state index contributed by atoms with van der Waals surface area (Å²) in [7, 11) is 3.58. The summed E-state index contributed by atoms with van der Waals surface area (Å²) in [5, 5.41) is 3.31. The first kappa shape index (κ1) is 15.3. The Labute approximate surface area is 126 Å². The standard InChI is InChI=1S/C17H22N2O2/c1-4-15(18-2)14-9-5-6-10-16(14)21-12-13-8-7-11-17(19-13)20-3/h5-11,15,18H,4,12H2,1-3H3. The van der Waals surface area contributed by atoms with Crippen molar-refractivity contribution in [1.82, 2.24) is 10.3 Å². The number of nitrogens with one attached hydrogen (secondary N) is 1. The van der Waals surface area contributed by atoms with E-state index in [2.05, 4.69) is 23.3 Å². The van der Waals surface area contributed by atoms with Gasteiger partial charge in [-0.25, -0.2) is 4.98 Å². The Bertz CT molecular complexity index is 568. The number of aromatic nitrogens is 1. The van der Waals surface area contributed by atoms with Gasteiger partial charge in [0.15, 0.2) is 0 Å². The summed E-state index contributed by atoms with van der Waals surface area (Å²) in [4.78, 5) is 4.36. The molecule has 1 aromatic heterocycles. The molecule has 0 aliphatic rings. The third kappa shape index (κ3) is 3.95. The molecule has 1 unspecified atom stereocenters. The zero-order chi connectivity index (χ0) is 15.1. The molecule has 1 aromatic carbocycles. The quantitative estimate of drug-likeness (QED) is 0.847. The van der Waals surface area contributed by atoms with Crippen LogP contribution in [-0.2, 0) is 6.61 Å². The highest BCUT2D eigenvalue weighted by Gasteiger charge is 2.12. The van der Waals surface area contributed by atoms with Crippen molar-refractivity contribution in [2.75, 3.05) is 14.2 Å². The highest BCUT2D eigenvalue weighted by Crippen LogP contribution is 2.27. The second-order valence-electron chi connectivity index (χ2n) is 4.75. The smallest absolute Gasteiger partial charge is 0.213 e. The van der Waals surface area contributed by atoms with Crippen LogP contribution < -0.4 is 14.8 Å². The summed E-state index contributed by atoms with van der Waals surface area (Å²) in [6.07, 6.45) is 1.01. The average Bonchev–Trinajstić information content (AvgIpc) is 2.55. The van der Waals surface area contributed by atoms with Crippen LogP contribution in [0.25, 0.3) is 0 Å². The molecule has 1 N–H and O–H groups in total. The molecule has 1 heterocycles. The first-order valence-electron chi connectivity index (χ1n) is 7.17. The van der Waals surface area contributed by atoms with Crippen molar-refractivity contribution in [3.05, 3.63) is 53.7 Å². The Morgan fingerprint density at radius 2 is 1.95 bits per heavy atom. The van der Waals surface area contributed by atoms with Gasteiger partial charge < -0.3 is 14.8 Å². The lowest BCUT2D eigenvalue weighted by Gasteiger charge is -2.18. The predicted molar refractivity (Wildman–Crippen MR) is 83.7 cm³/mol. The highest BCUT2D eigenvalue weighted by molar-refractivity contribution is 5.36. The van der Waals surface area contributed by atoms with Crippen molar-refractivity contribution in [2.45, 2.75) is 26.0 Å². The maximum atomic E-state index is 5.95. The Morgan fingerprint density at radius 1 is 1.14 bits per heavy atom. The third-order valence-electron chi connectivity index (χ3n) is 3.42. The fourth-order valence-electron chi connectivity index (χ4n) is 2.28. The summed E-state index contributed by atoms with van der Waals surface area (Å²) >= 11 is 0. The number of ether oxygens (including phenoxy) is 2. The van der Waals surface area contributed by atoms with E-state index in [1.807, 2.05) is 43.4 Å². The lowest BCUT2D eigenvalue weighted by molar-refractivity contribution is 0.291. The average molecular weight is 286 g/mol. The van der Waals surface area contributed by atoms with Gasteiger partial charge in [-0.1, -0.05) is 31.2 Å². The van der Waals surface area contributed by atoms with Gasteiger partial charge >= 0.3 is 0 Å². The van der Waals surface area contributed by atoms with E-state index in [1.165, 1.54) is 5.56 Å². The molecule has 4 nitrogen and oxygen atoms in total. The number of hydrogen-bond acceptors (Lipinski definition) is 4. The molecule has 2 rings (SSSR count). The number of rotatable bonds is 7. The van der Waals surface area contributed by atoms with Gasteiger partial charge in [0.25, 0.3) is 0 Å². The van der Waals surface area contributed by atoms with Crippen molar-refractivity contribution in [3.8, 4) is 11.6 Å². The molecule has 2 aromatic rings. The maximum Gasteiger partial charge on any atom is 0.213 e. The van der Waals surface area contributed by atoms with Gasteiger partial charge in [0, 0.05) is 17.7 Å². The van der Waals surface area contributed by atoms with Crippen LogP contribution in [0.2, 0.25) is 0 Å². The number of benzene rings is 1. The van der Waals surface area contributed by atoms with Crippen LogP contribution in [-0.4, -0.2) is 19.1 Å². The molecule has 0 aliphatic carbocycles. The molecule has 0 aliphatic heterocycles. The van der Waals surface area contributed by atoms with Gasteiger partial charge in [-0.15, -0.1) is 0 Å². The van der Waals surface area contributed by atoms with Crippen LogP contribution in [0.1, 0.15) is 30.6 Å². The Morgan fingerprint density at radius 3 is 2.67 bits per heavy atom. The zero-order valence-corrected chi connectivity index (χ0v) is 12.8. The molecule has 0 saturated heterocycles. The maximum absolute atomic E-state index is 5.95. The number of para-hydroxylation sites is 1. The number of methoxy groups -OCH3 is 1. The molecular formula is C17H22N2O2. The second kappa shape index (κ2) is 7.64. The van der Waals surface area contributed by atoms with Crippen LogP contribution in [0.3, 0.4) is 0 Å². The predicted octanol–water partition coefficient (Wildman–Crippen LogP) is 3.34. The molecule has 21 heavy (non-hydrogen) atoms. The van der Waals surface area contributed by atoms with E-state index >= 15 is 0 Å².